The van der Waals surface area contributed by atoms with Crippen LogP contribution in [-0.2, 0) is 0 Å². The monoisotopic (exact) mass is 463 g/mol. The number of nitrogens with zero attached hydrogens (tertiary/aromatic N) is 5. The second kappa shape index (κ2) is 8.93. The fourth-order valence-corrected chi connectivity index (χ4v) is 4.16. The average molecular weight is 464 g/mol. The Balaban J connectivity index is 1.65. The first-order valence-corrected chi connectivity index (χ1v) is 10.6. The van der Waals surface area contributed by atoms with Crippen LogP contribution in [-0.4, -0.2) is 71.5 Å². The van der Waals surface area contributed by atoms with Crippen LogP contribution in [0.15, 0.2) is 18.6 Å². The number of aliphatic hydroxyl groups excluding tert-OH is 2. The number of pyridine rings is 1. The summed E-state index contributed by atoms with van der Waals surface area (Å²) in [5, 5.41) is 30.7. The van der Waals surface area contributed by atoms with Crippen LogP contribution in [0.2, 0.25) is 5.15 Å². The molecule has 0 aromatic carbocycles. The lowest BCUT2D eigenvalue weighted by molar-refractivity contribution is -0.0161. The van der Waals surface area contributed by atoms with Crippen LogP contribution in [0, 0.1) is 5.82 Å². The maximum absolute atomic E-state index is 13.7. The molecule has 3 heterocycles. The molecule has 4 atom stereocenters. The number of carbonyl (C=O) groups excluding carboxylic acids is 1. The van der Waals surface area contributed by atoms with Crippen molar-refractivity contribution in [2.75, 3.05) is 12.4 Å². The van der Waals surface area contributed by atoms with Crippen molar-refractivity contribution >= 4 is 34.4 Å². The highest BCUT2D eigenvalue weighted by Gasteiger charge is 2.32. The van der Waals surface area contributed by atoms with Gasteiger partial charge >= 0.3 is 0 Å². The van der Waals surface area contributed by atoms with Gasteiger partial charge in [0.2, 0.25) is 0 Å². The zero-order valence-corrected chi connectivity index (χ0v) is 18.2. The van der Waals surface area contributed by atoms with E-state index in [1.807, 2.05) is 0 Å². The first-order valence-electron chi connectivity index (χ1n) is 10.2. The predicted octanol–water partition coefficient (Wildman–Crippen LogP) is 2.06. The Kier molecular flexibility index (Phi) is 6.22. The number of rotatable bonds is 5. The van der Waals surface area contributed by atoms with E-state index in [2.05, 4.69) is 30.5 Å². The maximum Gasteiger partial charge on any atom is 0.275 e. The zero-order valence-electron chi connectivity index (χ0n) is 17.5. The van der Waals surface area contributed by atoms with Gasteiger partial charge in [-0.2, -0.15) is 5.10 Å². The van der Waals surface area contributed by atoms with Gasteiger partial charge in [-0.05, 0) is 32.3 Å². The molecule has 1 fully saturated rings. The van der Waals surface area contributed by atoms with E-state index in [0.29, 0.717) is 35.3 Å². The first-order chi connectivity index (χ1) is 15.3. The number of amides is 1. The minimum absolute atomic E-state index is 0.0591. The van der Waals surface area contributed by atoms with Gasteiger partial charge in [0, 0.05) is 12.6 Å². The summed E-state index contributed by atoms with van der Waals surface area (Å²) in [5.74, 6) is -0.710. The standard InChI is InChI=1S/C20H23ClFN7O3/c1-9(11-6-10(22)7-23-17(11)21)29(2)20(32)15-14-18(24-8-25-19(14)28-27-15)26-12-4-3-5-13(30)16(12)31/h6-9,12-13,16,30-31H,3-5H2,1-2H3,(H2,24,25,26,27,28)/t9-,12-,13-,16+/m1/s1. The van der Waals surface area contributed by atoms with E-state index in [9.17, 15) is 19.4 Å². The fourth-order valence-electron chi connectivity index (χ4n) is 3.90. The third kappa shape index (κ3) is 4.10. The van der Waals surface area contributed by atoms with E-state index in [1.165, 1.54) is 17.3 Å². The number of aromatic nitrogens is 5. The molecule has 1 amide bonds. The molecule has 12 heteroatoms. The Hall–Kier alpha value is -2.89. The predicted molar refractivity (Wildman–Crippen MR) is 115 cm³/mol. The second-order valence-electron chi connectivity index (χ2n) is 7.88. The number of hydrogen-bond donors (Lipinski definition) is 4. The lowest BCUT2D eigenvalue weighted by atomic mass is 9.90. The van der Waals surface area contributed by atoms with Gasteiger partial charge in [0.1, 0.15) is 23.1 Å². The summed E-state index contributed by atoms with van der Waals surface area (Å²) in [7, 11) is 1.55. The topological polar surface area (TPSA) is 140 Å². The molecule has 1 aliphatic carbocycles. The Morgan fingerprint density at radius 2 is 2.12 bits per heavy atom. The van der Waals surface area contributed by atoms with Crippen molar-refractivity contribution in [2.24, 2.45) is 0 Å². The fraction of sp³-hybridized carbons (Fsp3) is 0.450. The number of halogens is 2. The smallest absolute Gasteiger partial charge is 0.275 e. The van der Waals surface area contributed by atoms with E-state index in [-0.39, 0.29) is 10.8 Å². The summed E-state index contributed by atoms with van der Waals surface area (Å²) < 4.78 is 13.7. The van der Waals surface area contributed by atoms with Crippen molar-refractivity contribution < 1.29 is 19.4 Å². The largest absolute Gasteiger partial charge is 0.390 e. The van der Waals surface area contributed by atoms with E-state index in [4.69, 9.17) is 11.6 Å². The van der Waals surface area contributed by atoms with Crippen LogP contribution in [0.25, 0.3) is 11.0 Å². The molecule has 0 saturated heterocycles. The van der Waals surface area contributed by atoms with Gasteiger partial charge in [-0.1, -0.05) is 11.6 Å². The number of nitrogens with one attached hydrogen (secondary N) is 2. The summed E-state index contributed by atoms with van der Waals surface area (Å²) in [5.41, 5.74) is 0.753. The third-order valence-corrected chi connectivity index (χ3v) is 6.20. The molecule has 170 valence electrons. The minimum Gasteiger partial charge on any atom is -0.390 e. The van der Waals surface area contributed by atoms with Crippen LogP contribution in [0.4, 0.5) is 10.2 Å². The van der Waals surface area contributed by atoms with Crippen LogP contribution in [0.5, 0.6) is 0 Å². The van der Waals surface area contributed by atoms with E-state index < -0.39 is 36.0 Å². The van der Waals surface area contributed by atoms with Crippen molar-refractivity contribution in [3.8, 4) is 0 Å². The summed E-state index contributed by atoms with van der Waals surface area (Å²) in [6, 6.07) is 0.197. The van der Waals surface area contributed by atoms with Gasteiger partial charge in [-0.3, -0.25) is 9.89 Å². The second-order valence-corrected chi connectivity index (χ2v) is 8.24. The van der Waals surface area contributed by atoms with Gasteiger partial charge in [0.25, 0.3) is 5.91 Å². The van der Waals surface area contributed by atoms with Crippen LogP contribution < -0.4 is 5.32 Å². The van der Waals surface area contributed by atoms with Gasteiger partial charge in [0.05, 0.1) is 35.9 Å². The molecule has 32 heavy (non-hydrogen) atoms. The van der Waals surface area contributed by atoms with E-state index >= 15 is 0 Å². The zero-order chi connectivity index (χ0) is 23.0. The number of hydrogen-bond acceptors (Lipinski definition) is 8. The summed E-state index contributed by atoms with van der Waals surface area (Å²) in [6.45, 7) is 1.70. The van der Waals surface area contributed by atoms with Gasteiger partial charge < -0.3 is 20.4 Å². The first kappa shape index (κ1) is 22.3. The van der Waals surface area contributed by atoms with Crippen molar-refractivity contribution in [1.29, 1.82) is 0 Å². The number of aromatic amines is 1. The molecule has 0 spiro atoms. The molecule has 3 aromatic heterocycles. The third-order valence-electron chi connectivity index (χ3n) is 5.89. The molecule has 0 aliphatic heterocycles. The lowest BCUT2D eigenvalue weighted by Crippen LogP contribution is -2.45. The van der Waals surface area contributed by atoms with Crippen molar-refractivity contribution in [3.63, 3.8) is 0 Å². The summed E-state index contributed by atoms with van der Waals surface area (Å²) in [4.78, 5) is 26.8. The Labute approximate surface area is 187 Å². The quantitative estimate of drug-likeness (QED) is 0.421. The number of carbonyl (C=O) groups is 1. The number of H-pyrrole nitrogens is 1. The van der Waals surface area contributed by atoms with Crippen LogP contribution in [0.1, 0.15) is 48.3 Å². The molecule has 4 rings (SSSR count). The highest BCUT2D eigenvalue weighted by molar-refractivity contribution is 6.30. The molecular formula is C20H23ClFN7O3. The normalized spacial score (nSPS) is 22.0. The van der Waals surface area contributed by atoms with Gasteiger partial charge in [-0.25, -0.2) is 19.3 Å². The lowest BCUT2D eigenvalue weighted by Gasteiger charge is -2.32. The molecule has 0 radical (unpaired) electrons. The van der Waals surface area contributed by atoms with Crippen molar-refractivity contribution in [1.82, 2.24) is 30.0 Å². The van der Waals surface area contributed by atoms with Gasteiger partial charge in [-0.15, -0.1) is 0 Å². The minimum atomic E-state index is -0.967. The van der Waals surface area contributed by atoms with Crippen molar-refractivity contribution in [3.05, 3.63) is 40.8 Å². The number of fused-ring (bicyclic) bond motifs is 1. The van der Waals surface area contributed by atoms with E-state index in [0.717, 1.165) is 12.6 Å². The number of anilines is 1. The molecule has 10 nitrogen and oxygen atoms in total. The maximum atomic E-state index is 13.7. The number of aliphatic hydroxyl groups is 2. The summed E-state index contributed by atoms with van der Waals surface area (Å²) in [6.07, 6.45) is 2.41. The Bertz CT molecular complexity index is 1140. The highest BCUT2D eigenvalue weighted by Crippen LogP contribution is 2.30. The van der Waals surface area contributed by atoms with Crippen LogP contribution in [0.3, 0.4) is 0 Å². The Morgan fingerprint density at radius 3 is 2.91 bits per heavy atom. The molecule has 0 unspecified atom stereocenters. The molecule has 1 aliphatic rings. The SMILES string of the molecule is C[C@H](c1cc(F)cnc1Cl)N(C)C(=O)c1n[nH]c2ncnc(N[C@@H]3CCC[C@@H](O)[C@H]3O)c12. The van der Waals surface area contributed by atoms with Crippen molar-refractivity contribution in [2.45, 2.75) is 50.5 Å². The molecule has 0 bridgehead atoms. The molecule has 4 N–H and O–H groups in total. The van der Waals surface area contributed by atoms with Crippen LogP contribution >= 0.6 is 11.6 Å². The molecule has 1 saturated carbocycles. The summed E-state index contributed by atoms with van der Waals surface area (Å²) >= 11 is 6.11. The molecular weight excluding hydrogens is 441 g/mol. The molecule has 3 aromatic rings. The average Bonchev–Trinajstić information content (AvgIpc) is 3.22. The Morgan fingerprint density at radius 1 is 1.34 bits per heavy atom. The van der Waals surface area contributed by atoms with Gasteiger partial charge in [0.15, 0.2) is 11.3 Å². The van der Waals surface area contributed by atoms with E-state index in [1.54, 1.807) is 14.0 Å². The highest BCUT2D eigenvalue weighted by atomic mass is 35.5.